The highest BCUT2D eigenvalue weighted by Crippen LogP contribution is 2.29. The fourth-order valence-electron chi connectivity index (χ4n) is 3.56. The van der Waals surface area contributed by atoms with Crippen molar-refractivity contribution in [2.75, 3.05) is 7.05 Å². The van der Waals surface area contributed by atoms with Gasteiger partial charge in [-0.25, -0.2) is 0 Å². The van der Waals surface area contributed by atoms with Crippen LogP contribution in [-0.2, 0) is 4.79 Å². The van der Waals surface area contributed by atoms with Gasteiger partial charge < -0.3 is 10.6 Å². The monoisotopic (exact) mass is 252 g/mol. The molecule has 2 aliphatic carbocycles. The summed E-state index contributed by atoms with van der Waals surface area (Å²) >= 11 is 0. The van der Waals surface area contributed by atoms with Gasteiger partial charge in [-0.15, -0.1) is 0 Å². The molecule has 3 nitrogen and oxygen atoms in total. The van der Waals surface area contributed by atoms with Gasteiger partial charge in [0.05, 0.1) is 5.54 Å². The van der Waals surface area contributed by atoms with E-state index in [1.807, 2.05) is 11.9 Å². The Labute approximate surface area is 111 Å². The SMILES string of the molecule is CN(C(=O)C1(N)CCCCC1)C1CCCCCC1. The molecule has 3 heteroatoms. The van der Waals surface area contributed by atoms with Crippen LogP contribution in [0.5, 0.6) is 0 Å². The molecule has 0 unspecified atom stereocenters. The molecule has 0 aromatic carbocycles. The zero-order valence-corrected chi connectivity index (χ0v) is 11.8. The van der Waals surface area contributed by atoms with E-state index in [-0.39, 0.29) is 5.91 Å². The molecule has 0 radical (unpaired) electrons. The molecular weight excluding hydrogens is 224 g/mol. The third-order valence-electron chi connectivity index (χ3n) is 4.86. The summed E-state index contributed by atoms with van der Waals surface area (Å²) in [5, 5.41) is 0. The first-order valence-electron chi connectivity index (χ1n) is 7.70. The van der Waals surface area contributed by atoms with Crippen LogP contribution in [0.4, 0.5) is 0 Å². The number of carbonyl (C=O) groups is 1. The van der Waals surface area contributed by atoms with Crippen LogP contribution in [-0.4, -0.2) is 29.4 Å². The number of carbonyl (C=O) groups excluding carboxylic acids is 1. The van der Waals surface area contributed by atoms with Gasteiger partial charge in [-0.1, -0.05) is 44.9 Å². The van der Waals surface area contributed by atoms with Crippen molar-refractivity contribution in [1.29, 1.82) is 0 Å². The molecule has 0 bridgehead atoms. The molecule has 2 rings (SSSR count). The van der Waals surface area contributed by atoms with E-state index in [4.69, 9.17) is 5.73 Å². The minimum Gasteiger partial charge on any atom is -0.341 e. The van der Waals surface area contributed by atoms with E-state index >= 15 is 0 Å². The van der Waals surface area contributed by atoms with E-state index < -0.39 is 5.54 Å². The van der Waals surface area contributed by atoms with Crippen LogP contribution in [0.3, 0.4) is 0 Å². The largest absolute Gasteiger partial charge is 0.341 e. The number of likely N-dealkylation sites (N-methyl/N-ethyl adjacent to an activating group) is 1. The number of rotatable bonds is 2. The van der Waals surface area contributed by atoms with Gasteiger partial charge in [-0.2, -0.15) is 0 Å². The van der Waals surface area contributed by atoms with Gasteiger partial charge in [0.2, 0.25) is 5.91 Å². The molecule has 0 heterocycles. The molecule has 104 valence electrons. The van der Waals surface area contributed by atoms with Crippen LogP contribution >= 0.6 is 0 Å². The van der Waals surface area contributed by atoms with Crippen LogP contribution in [0.15, 0.2) is 0 Å². The maximum Gasteiger partial charge on any atom is 0.242 e. The Morgan fingerprint density at radius 1 is 1.00 bits per heavy atom. The third-order valence-corrected chi connectivity index (χ3v) is 4.86. The van der Waals surface area contributed by atoms with Gasteiger partial charge in [0.25, 0.3) is 0 Å². The standard InChI is InChI=1S/C15H28N2O/c1-17(13-9-5-2-3-6-10-13)14(18)15(16)11-7-4-8-12-15/h13H,2-12,16H2,1H3. The van der Waals surface area contributed by atoms with E-state index in [1.165, 1.54) is 44.9 Å². The highest BCUT2D eigenvalue weighted by molar-refractivity contribution is 5.86. The molecule has 2 N–H and O–H groups in total. The zero-order chi connectivity index (χ0) is 13.0. The Balaban J connectivity index is 1.97. The van der Waals surface area contributed by atoms with Gasteiger partial charge in [0, 0.05) is 13.1 Å². The maximum absolute atomic E-state index is 12.6. The van der Waals surface area contributed by atoms with Crippen LogP contribution in [0.1, 0.15) is 70.6 Å². The molecule has 0 atom stereocenters. The molecule has 0 aromatic rings. The predicted octanol–water partition coefficient (Wildman–Crippen LogP) is 2.83. The van der Waals surface area contributed by atoms with Gasteiger partial charge >= 0.3 is 0 Å². The van der Waals surface area contributed by atoms with Crippen LogP contribution in [0.2, 0.25) is 0 Å². The fraction of sp³-hybridized carbons (Fsp3) is 0.933. The van der Waals surface area contributed by atoms with E-state index in [2.05, 4.69) is 0 Å². The number of nitrogens with two attached hydrogens (primary N) is 1. The van der Waals surface area contributed by atoms with Crippen molar-refractivity contribution in [1.82, 2.24) is 4.90 Å². The summed E-state index contributed by atoms with van der Waals surface area (Å²) in [6.45, 7) is 0. The summed E-state index contributed by atoms with van der Waals surface area (Å²) in [7, 11) is 1.97. The Hall–Kier alpha value is -0.570. The lowest BCUT2D eigenvalue weighted by Gasteiger charge is -2.38. The van der Waals surface area contributed by atoms with Gasteiger partial charge in [-0.3, -0.25) is 4.79 Å². The predicted molar refractivity (Wildman–Crippen MR) is 74.3 cm³/mol. The van der Waals surface area contributed by atoms with Crippen molar-refractivity contribution in [2.24, 2.45) is 5.73 Å². The first kappa shape index (κ1) is 13.9. The van der Waals surface area contributed by atoms with Crippen molar-refractivity contribution in [2.45, 2.75) is 82.2 Å². The summed E-state index contributed by atoms with van der Waals surface area (Å²) in [6, 6.07) is 0.433. The fourth-order valence-corrected chi connectivity index (χ4v) is 3.56. The number of hydrogen-bond donors (Lipinski definition) is 1. The topological polar surface area (TPSA) is 46.3 Å². The second-order valence-electron chi connectivity index (χ2n) is 6.28. The lowest BCUT2D eigenvalue weighted by molar-refractivity contribution is -0.139. The van der Waals surface area contributed by atoms with Crippen molar-refractivity contribution in [3.63, 3.8) is 0 Å². The maximum atomic E-state index is 12.6. The molecule has 0 aliphatic heterocycles. The highest BCUT2D eigenvalue weighted by atomic mass is 16.2. The molecule has 2 saturated carbocycles. The summed E-state index contributed by atoms with van der Waals surface area (Å²) in [6.07, 6.45) is 12.7. The molecular formula is C15H28N2O. The van der Waals surface area contributed by atoms with Crippen molar-refractivity contribution < 1.29 is 4.79 Å². The van der Waals surface area contributed by atoms with Crippen molar-refractivity contribution in [3.05, 3.63) is 0 Å². The normalized spacial score (nSPS) is 25.4. The molecule has 0 aromatic heterocycles. The molecule has 0 saturated heterocycles. The zero-order valence-electron chi connectivity index (χ0n) is 11.8. The van der Waals surface area contributed by atoms with Crippen molar-refractivity contribution in [3.8, 4) is 0 Å². The Morgan fingerprint density at radius 3 is 2.06 bits per heavy atom. The molecule has 1 amide bonds. The van der Waals surface area contributed by atoms with E-state index in [0.717, 1.165) is 25.7 Å². The Kier molecular flexibility index (Phi) is 4.66. The minimum absolute atomic E-state index is 0.203. The summed E-state index contributed by atoms with van der Waals surface area (Å²) in [4.78, 5) is 14.6. The lowest BCUT2D eigenvalue weighted by atomic mass is 9.81. The number of amides is 1. The summed E-state index contributed by atoms with van der Waals surface area (Å²) in [5.41, 5.74) is 5.80. The number of hydrogen-bond acceptors (Lipinski definition) is 2. The molecule has 18 heavy (non-hydrogen) atoms. The first-order valence-corrected chi connectivity index (χ1v) is 7.70. The second-order valence-corrected chi connectivity index (χ2v) is 6.28. The molecule has 2 fully saturated rings. The van der Waals surface area contributed by atoms with Gasteiger partial charge in [0.15, 0.2) is 0 Å². The Morgan fingerprint density at radius 2 is 1.50 bits per heavy atom. The minimum atomic E-state index is -0.556. The smallest absolute Gasteiger partial charge is 0.242 e. The van der Waals surface area contributed by atoms with Crippen LogP contribution in [0.25, 0.3) is 0 Å². The van der Waals surface area contributed by atoms with Crippen LogP contribution < -0.4 is 5.73 Å². The quantitative estimate of drug-likeness (QED) is 0.768. The lowest BCUT2D eigenvalue weighted by Crippen LogP contribution is -2.57. The summed E-state index contributed by atoms with van der Waals surface area (Å²) < 4.78 is 0. The Bertz CT molecular complexity index is 276. The molecule has 2 aliphatic rings. The van der Waals surface area contributed by atoms with E-state index in [1.54, 1.807) is 0 Å². The average molecular weight is 252 g/mol. The van der Waals surface area contributed by atoms with Gasteiger partial charge in [-0.05, 0) is 25.7 Å². The third kappa shape index (κ3) is 3.05. The molecule has 0 spiro atoms. The first-order chi connectivity index (χ1) is 8.63. The van der Waals surface area contributed by atoms with Gasteiger partial charge in [0.1, 0.15) is 0 Å². The average Bonchev–Trinajstić information content (AvgIpc) is 2.66. The number of nitrogens with zero attached hydrogens (tertiary/aromatic N) is 1. The van der Waals surface area contributed by atoms with Crippen molar-refractivity contribution >= 4 is 5.91 Å². The van der Waals surface area contributed by atoms with E-state index in [0.29, 0.717) is 6.04 Å². The summed E-state index contributed by atoms with van der Waals surface area (Å²) in [5.74, 6) is 0.203. The highest BCUT2D eigenvalue weighted by Gasteiger charge is 2.38. The van der Waals surface area contributed by atoms with Crippen LogP contribution in [0, 0.1) is 0 Å². The second kappa shape index (κ2) is 6.05. The van der Waals surface area contributed by atoms with E-state index in [9.17, 15) is 4.79 Å².